The van der Waals surface area contributed by atoms with Crippen LogP contribution in [0.2, 0.25) is 0 Å². The second kappa shape index (κ2) is 5.26. The summed E-state index contributed by atoms with van der Waals surface area (Å²) < 4.78 is 0. The van der Waals surface area contributed by atoms with Crippen LogP contribution in [0.5, 0.6) is 0 Å². The van der Waals surface area contributed by atoms with Crippen molar-refractivity contribution < 1.29 is 14.7 Å². The number of hydrogen-bond donors (Lipinski definition) is 1. The fourth-order valence-electron chi connectivity index (χ4n) is 2.09. The lowest BCUT2D eigenvalue weighted by atomic mass is 10.0. The van der Waals surface area contributed by atoms with Crippen molar-refractivity contribution in [2.45, 2.75) is 11.8 Å². The van der Waals surface area contributed by atoms with Crippen LogP contribution in [0.4, 0.5) is 0 Å². The topological polar surface area (TPSA) is 80.1 Å². The van der Waals surface area contributed by atoms with Crippen LogP contribution in [0.15, 0.2) is 36.7 Å². The summed E-state index contributed by atoms with van der Waals surface area (Å²) in [6, 6.07) is 8.30. The van der Waals surface area contributed by atoms with Crippen molar-refractivity contribution in [3.8, 4) is 11.3 Å². The number of benzene rings is 1. The van der Waals surface area contributed by atoms with Gasteiger partial charge in [-0.3, -0.25) is 4.79 Å². The van der Waals surface area contributed by atoms with Gasteiger partial charge in [-0.25, -0.2) is 14.8 Å². The third-order valence-corrected chi connectivity index (χ3v) is 3.88. The number of hydrogen-bond acceptors (Lipinski definition) is 4. The third-order valence-electron chi connectivity index (χ3n) is 3.40. The van der Waals surface area contributed by atoms with Crippen LogP contribution in [0.1, 0.15) is 27.3 Å². The van der Waals surface area contributed by atoms with Gasteiger partial charge in [0, 0.05) is 22.4 Å². The molecule has 1 aliphatic carbocycles. The maximum Gasteiger partial charge on any atom is 0.354 e. The third kappa shape index (κ3) is 2.78. The lowest BCUT2D eigenvalue weighted by Gasteiger charge is -2.03. The molecular formula is C15H11ClN2O3. The standard InChI is InChI=1S/C15H11ClN2O3/c16-11-5-10(11)14(19)9-3-1-8(2-4-9)12-6-13(15(20)21)18-7-17-12/h1-4,6-7,10-11H,5H2,(H,20,21). The van der Waals surface area contributed by atoms with Crippen molar-refractivity contribution >= 4 is 23.4 Å². The molecular weight excluding hydrogens is 292 g/mol. The predicted molar refractivity (Wildman–Crippen MR) is 76.5 cm³/mol. The molecule has 0 radical (unpaired) electrons. The van der Waals surface area contributed by atoms with Gasteiger partial charge in [0.1, 0.15) is 6.33 Å². The number of aromatic carboxylic acids is 1. The molecule has 0 bridgehead atoms. The van der Waals surface area contributed by atoms with E-state index in [1.54, 1.807) is 24.3 Å². The summed E-state index contributed by atoms with van der Waals surface area (Å²) in [4.78, 5) is 30.6. The van der Waals surface area contributed by atoms with Gasteiger partial charge in [0.2, 0.25) is 0 Å². The first-order valence-electron chi connectivity index (χ1n) is 6.40. The van der Waals surface area contributed by atoms with Gasteiger partial charge in [-0.15, -0.1) is 11.6 Å². The Morgan fingerprint density at radius 2 is 1.86 bits per heavy atom. The highest BCUT2D eigenvalue weighted by atomic mass is 35.5. The quantitative estimate of drug-likeness (QED) is 0.693. The zero-order valence-electron chi connectivity index (χ0n) is 10.9. The van der Waals surface area contributed by atoms with Gasteiger partial charge in [0.15, 0.2) is 11.5 Å². The van der Waals surface area contributed by atoms with E-state index in [-0.39, 0.29) is 22.8 Å². The molecule has 21 heavy (non-hydrogen) atoms. The Balaban J connectivity index is 1.85. The van der Waals surface area contributed by atoms with Gasteiger partial charge in [-0.1, -0.05) is 24.3 Å². The number of ketones is 1. The highest BCUT2D eigenvalue weighted by Crippen LogP contribution is 2.38. The number of carbonyl (C=O) groups excluding carboxylic acids is 1. The second-order valence-corrected chi connectivity index (χ2v) is 5.45. The van der Waals surface area contributed by atoms with E-state index in [0.717, 1.165) is 12.0 Å². The largest absolute Gasteiger partial charge is 0.477 e. The van der Waals surface area contributed by atoms with Crippen LogP contribution < -0.4 is 0 Å². The SMILES string of the molecule is O=C(O)c1cc(-c2ccc(C(=O)C3CC3Cl)cc2)ncn1. The van der Waals surface area contributed by atoms with Gasteiger partial charge in [0.25, 0.3) is 0 Å². The molecule has 1 fully saturated rings. The second-order valence-electron chi connectivity index (χ2n) is 4.89. The van der Waals surface area contributed by atoms with Crippen LogP contribution >= 0.6 is 11.6 Å². The first-order chi connectivity index (χ1) is 10.1. The van der Waals surface area contributed by atoms with E-state index in [0.29, 0.717) is 11.3 Å². The Morgan fingerprint density at radius 1 is 1.19 bits per heavy atom. The molecule has 1 aromatic heterocycles. The number of alkyl halides is 1. The van der Waals surface area contributed by atoms with E-state index in [1.165, 1.54) is 12.4 Å². The number of nitrogens with zero attached hydrogens (tertiary/aromatic N) is 2. The van der Waals surface area contributed by atoms with Gasteiger partial charge in [-0.2, -0.15) is 0 Å². The molecule has 1 saturated carbocycles. The zero-order chi connectivity index (χ0) is 15.0. The first-order valence-corrected chi connectivity index (χ1v) is 6.84. The molecule has 0 spiro atoms. The van der Waals surface area contributed by atoms with Gasteiger partial charge < -0.3 is 5.11 Å². The molecule has 0 amide bonds. The van der Waals surface area contributed by atoms with Crippen LogP contribution in [-0.4, -0.2) is 32.2 Å². The summed E-state index contributed by atoms with van der Waals surface area (Å²) in [5, 5.41) is 8.87. The number of halogens is 1. The molecule has 2 aromatic rings. The van der Waals surface area contributed by atoms with Crippen molar-refractivity contribution in [2.75, 3.05) is 0 Å². The molecule has 1 aromatic carbocycles. The van der Waals surface area contributed by atoms with E-state index in [2.05, 4.69) is 9.97 Å². The zero-order valence-corrected chi connectivity index (χ0v) is 11.6. The minimum Gasteiger partial charge on any atom is -0.477 e. The fourth-order valence-corrected chi connectivity index (χ4v) is 2.39. The monoisotopic (exact) mass is 302 g/mol. The fraction of sp³-hybridized carbons (Fsp3) is 0.200. The van der Waals surface area contributed by atoms with Crippen molar-refractivity contribution in [3.63, 3.8) is 0 Å². The molecule has 2 unspecified atom stereocenters. The summed E-state index contributed by atoms with van der Waals surface area (Å²) >= 11 is 5.88. The lowest BCUT2D eigenvalue weighted by molar-refractivity contribution is 0.0690. The highest BCUT2D eigenvalue weighted by molar-refractivity contribution is 6.25. The summed E-state index contributed by atoms with van der Waals surface area (Å²) in [6.07, 6.45) is 1.94. The Bertz CT molecular complexity index is 715. The van der Waals surface area contributed by atoms with Crippen LogP contribution in [0, 0.1) is 5.92 Å². The number of Topliss-reactive ketones (excluding diaryl/α,β-unsaturated/α-hetero) is 1. The normalized spacial score (nSPS) is 20.0. The average Bonchev–Trinajstić information content (AvgIpc) is 3.24. The maximum absolute atomic E-state index is 12.0. The van der Waals surface area contributed by atoms with E-state index in [9.17, 15) is 9.59 Å². The number of rotatable bonds is 4. The number of carbonyl (C=O) groups is 2. The van der Waals surface area contributed by atoms with E-state index in [4.69, 9.17) is 16.7 Å². The number of carboxylic acids is 1. The van der Waals surface area contributed by atoms with E-state index < -0.39 is 5.97 Å². The van der Waals surface area contributed by atoms with Crippen LogP contribution in [-0.2, 0) is 0 Å². The lowest BCUT2D eigenvalue weighted by Crippen LogP contribution is -2.03. The highest BCUT2D eigenvalue weighted by Gasteiger charge is 2.41. The molecule has 106 valence electrons. The van der Waals surface area contributed by atoms with Crippen molar-refractivity contribution in [1.29, 1.82) is 0 Å². The minimum atomic E-state index is -1.10. The predicted octanol–water partition coefficient (Wildman–Crippen LogP) is 2.65. The van der Waals surface area contributed by atoms with E-state index >= 15 is 0 Å². The van der Waals surface area contributed by atoms with Crippen molar-refractivity contribution in [2.24, 2.45) is 5.92 Å². The molecule has 5 nitrogen and oxygen atoms in total. The Morgan fingerprint density at radius 3 is 2.43 bits per heavy atom. The number of aromatic nitrogens is 2. The first kappa shape index (κ1) is 13.7. The smallest absolute Gasteiger partial charge is 0.354 e. The summed E-state index contributed by atoms with van der Waals surface area (Å²) in [7, 11) is 0. The molecule has 2 atom stereocenters. The van der Waals surface area contributed by atoms with Crippen LogP contribution in [0.3, 0.4) is 0 Å². The summed E-state index contributed by atoms with van der Waals surface area (Å²) in [5.74, 6) is -1.13. The van der Waals surface area contributed by atoms with Gasteiger partial charge in [0.05, 0.1) is 5.69 Å². The molecule has 1 aliphatic rings. The van der Waals surface area contributed by atoms with Crippen molar-refractivity contribution in [3.05, 3.63) is 47.9 Å². The summed E-state index contributed by atoms with van der Waals surface area (Å²) in [5.41, 5.74) is 1.78. The molecule has 1 heterocycles. The van der Waals surface area contributed by atoms with Gasteiger partial charge in [-0.05, 0) is 12.5 Å². The molecule has 6 heteroatoms. The van der Waals surface area contributed by atoms with Gasteiger partial charge >= 0.3 is 5.97 Å². The minimum absolute atomic E-state index is 0.0443. The molecule has 1 N–H and O–H groups in total. The van der Waals surface area contributed by atoms with E-state index in [1.807, 2.05) is 0 Å². The van der Waals surface area contributed by atoms with Crippen LogP contribution in [0.25, 0.3) is 11.3 Å². The Hall–Kier alpha value is -2.27. The molecule has 3 rings (SSSR count). The number of carboxylic acid groups (broad SMARTS) is 1. The summed E-state index contributed by atoms with van der Waals surface area (Å²) in [6.45, 7) is 0. The maximum atomic E-state index is 12.0. The Labute approximate surface area is 125 Å². The Kier molecular flexibility index (Phi) is 3.43. The average molecular weight is 303 g/mol. The van der Waals surface area contributed by atoms with Crippen molar-refractivity contribution in [1.82, 2.24) is 9.97 Å². The molecule has 0 saturated heterocycles. The molecule has 0 aliphatic heterocycles.